The predicted molar refractivity (Wildman–Crippen MR) is 121 cm³/mol. The van der Waals surface area contributed by atoms with E-state index in [2.05, 4.69) is 0 Å². The van der Waals surface area contributed by atoms with Crippen LogP contribution in [-0.2, 0) is 31.1 Å². The first-order valence-electron chi connectivity index (χ1n) is 9.82. The second-order valence-electron chi connectivity index (χ2n) is 6.97. The molecule has 0 aromatic heterocycles. The molecule has 0 saturated heterocycles. The van der Waals surface area contributed by atoms with Gasteiger partial charge in [-0.3, -0.25) is 4.79 Å². The second kappa shape index (κ2) is 11.6. The van der Waals surface area contributed by atoms with Gasteiger partial charge >= 0.3 is 18.0 Å². The number of hydrogen-bond acceptors (Lipinski definition) is 6. The van der Waals surface area contributed by atoms with E-state index < -0.39 is 40.5 Å². The number of halogens is 5. The smallest absolute Gasteiger partial charge is 0.463 e. The van der Waals surface area contributed by atoms with Crippen LogP contribution in [0.4, 0.5) is 27.6 Å². The Bertz CT molecular complexity index is 1170. The summed E-state index contributed by atoms with van der Waals surface area (Å²) >= 11 is -2.50. The lowest BCUT2D eigenvalue weighted by atomic mass is 10.0. The third-order valence-corrected chi connectivity index (χ3v) is 5.36. The third kappa shape index (κ3) is 6.05. The molecule has 2 aromatic rings. The lowest BCUT2D eigenvalue weighted by Crippen LogP contribution is -2.47. The lowest BCUT2D eigenvalue weighted by molar-refractivity contribution is -0.267. The highest BCUT2D eigenvalue weighted by atomic mass is 32.2. The quantitative estimate of drug-likeness (QED) is 0.196. The maximum Gasteiger partial charge on any atom is 0.463 e. The normalized spacial score (nSPS) is 13.4. The van der Waals surface area contributed by atoms with Crippen molar-refractivity contribution in [1.82, 2.24) is 0 Å². The number of hydrogen-bond donors (Lipinski definition) is 2. The maximum absolute atomic E-state index is 13.5. The minimum atomic E-state index is -6.15. The van der Waals surface area contributed by atoms with Crippen molar-refractivity contribution >= 4 is 34.2 Å². The van der Waals surface area contributed by atoms with E-state index in [-0.39, 0.29) is 28.4 Å². The van der Waals surface area contributed by atoms with Gasteiger partial charge in [0.25, 0.3) is 0 Å². The Morgan fingerprint density at radius 1 is 0.917 bits per heavy atom. The third-order valence-electron chi connectivity index (χ3n) is 4.80. The number of rotatable bonds is 10. The zero-order valence-electron chi connectivity index (χ0n) is 19.4. The fourth-order valence-corrected chi connectivity index (χ4v) is 3.67. The molecule has 8 nitrogen and oxygen atoms in total. The predicted octanol–water partition coefficient (Wildman–Crippen LogP) is 4.68. The first-order valence-corrected chi connectivity index (χ1v) is 11.1. The van der Waals surface area contributed by atoms with E-state index >= 15 is 0 Å². The summed E-state index contributed by atoms with van der Waals surface area (Å²) < 4.78 is 107. The van der Waals surface area contributed by atoms with Crippen LogP contribution in [-0.4, -0.2) is 55.2 Å². The topological polar surface area (TPSA) is 103 Å². The van der Waals surface area contributed by atoms with Gasteiger partial charge in [-0.25, -0.2) is 4.21 Å². The average Bonchev–Trinajstić information content (AvgIpc) is 2.81. The molecular formula is C22H22F5NO7S. The van der Waals surface area contributed by atoms with Gasteiger partial charge in [0.1, 0.15) is 11.5 Å². The Morgan fingerprint density at radius 2 is 1.47 bits per heavy atom. The molecule has 0 heterocycles. The summed E-state index contributed by atoms with van der Waals surface area (Å²) in [5.74, 6) is -8.86. The van der Waals surface area contributed by atoms with Gasteiger partial charge in [0.05, 0.1) is 45.4 Å². The van der Waals surface area contributed by atoms with E-state index in [1.807, 2.05) is 0 Å². The van der Waals surface area contributed by atoms with Gasteiger partial charge in [-0.05, 0) is 29.8 Å². The Hall–Kier alpha value is -3.39. The van der Waals surface area contributed by atoms with Crippen LogP contribution >= 0.6 is 0 Å². The average molecular weight is 539 g/mol. The molecule has 0 radical (unpaired) electrons. The van der Waals surface area contributed by atoms with Crippen molar-refractivity contribution < 1.29 is 54.5 Å². The van der Waals surface area contributed by atoms with E-state index in [0.717, 1.165) is 19.2 Å². The summed E-state index contributed by atoms with van der Waals surface area (Å²) in [6.45, 7) is 0. The number of benzene rings is 2. The van der Waals surface area contributed by atoms with Crippen LogP contribution in [0.15, 0.2) is 36.4 Å². The number of nitrogens with one attached hydrogen (secondary N) is 1. The number of ether oxygens (including phenoxy) is 4. The molecule has 36 heavy (non-hydrogen) atoms. The van der Waals surface area contributed by atoms with Crippen LogP contribution in [0.1, 0.15) is 16.7 Å². The zero-order valence-corrected chi connectivity index (χ0v) is 20.2. The van der Waals surface area contributed by atoms with E-state index in [1.54, 1.807) is 24.3 Å². The number of para-hydroxylation sites is 1. The zero-order chi connectivity index (χ0) is 27.3. The summed E-state index contributed by atoms with van der Waals surface area (Å²) in [5.41, 5.74) is -0.178. The van der Waals surface area contributed by atoms with Crippen LogP contribution in [0.5, 0.6) is 11.5 Å². The SMILES string of the molecule is COC(=C(OC)c1ccccc1OC)c1cc(OC)c(NC(=O)C(F)(F)C(F)(F)F)cc1CS(=O)O. The molecule has 0 fully saturated rings. The Kier molecular flexibility index (Phi) is 9.26. The molecule has 0 aliphatic carbocycles. The van der Waals surface area contributed by atoms with E-state index in [1.165, 1.54) is 26.6 Å². The molecule has 2 N–H and O–H groups in total. The number of anilines is 1. The van der Waals surface area contributed by atoms with Crippen molar-refractivity contribution in [3.8, 4) is 11.5 Å². The molecule has 0 spiro atoms. The Morgan fingerprint density at radius 3 is 1.97 bits per heavy atom. The van der Waals surface area contributed by atoms with Gasteiger partial charge in [0.15, 0.2) is 22.6 Å². The van der Waals surface area contributed by atoms with Crippen molar-refractivity contribution in [2.45, 2.75) is 17.9 Å². The molecule has 2 rings (SSSR count). The second-order valence-corrected chi connectivity index (χ2v) is 7.90. The standard InChI is InChI=1S/C22H22F5NO7S/c1-32-16-8-6-5-7-13(16)18(34-3)19(35-4)14-10-17(33-2)15(9-12(14)11-36(30)31)28-20(29)21(23,24)22(25,26)27/h5-10H,11H2,1-4H3,(H,28,29)(H,30,31). The van der Waals surface area contributed by atoms with Gasteiger partial charge in [-0.15, -0.1) is 0 Å². The molecule has 0 bridgehead atoms. The number of methoxy groups -OCH3 is 4. The minimum Gasteiger partial charge on any atom is -0.496 e. The summed E-state index contributed by atoms with van der Waals surface area (Å²) in [4.78, 5) is 11.8. The van der Waals surface area contributed by atoms with Crippen molar-refractivity contribution in [3.63, 3.8) is 0 Å². The van der Waals surface area contributed by atoms with Gasteiger partial charge in [-0.2, -0.15) is 22.0 Å². The fourth-order valence-electron chi connectivity index (χ4n) is 3.17. The summed E-state index contributed by atoms with van der Waals surface area (Å²) in [5, 5.41) is 1.48. The number of carbonyl (C=O) groups is 1. The van der Waals surface area contributed by atoms with Crippen LogP contribution in [0.2, 0.25) is 0 Å². The Labute approximate surface area is 205 Å². The lowest BCUT2D eigenvalue weighted by Gasteiger charge is -2.22. The van der Waals surface area contributed by atoms with Gasteiger partial charge < -0.3 is 28.8 Å². The molecule has 1 amide bonds. The first-order chi connectivity index (χ1) is 16.8. The largest absolute Gasteiger partial charge is 0.496 e. The number of carbonyl (C=O) groups excluding carboxylic acids is 1. The van der Waals surface area contributed by atoms with Crippen LogP contribution in [0.3, 0.4) is 0 Å². The molecule has 0 saturated carbocycles. The van der Waals surface area contributed by atoms with Gasteiger partial charge in [0, 0.05) is 5.56 Å². The minimum absolute atomic E-state index is 0.0146. The first kappa shape index (κ1) is 28.8. The maximum atomic E-state index is 13.5. The van der Waals surface area contributed by atoms with E-state index in [9.17, 15) is 35.5 Å². The summed E-state index contributed by atoms with van der Waals surface area (Å²) in [6.07, 6.45) is -6.15. The molecule has 2 aromatic carbocycles. The summed E-state index contributed by atoms with van der Waals surface area (Å²) in [7, 11) is 5.07. The Balaban J connectivity index is 2.78. The highest BCUT2D eigenvalue weighted by Crippen LogP contribution is 2.40. The van der Waals surface area contributed by atoms with Gasteiger partial charge in [0.2, 0.25) is 0 Å². The molecule has 0 aliphatic rings. The fraction of sp³-hybridized carbons (Fsp3) is 0.318. The van der Waals surface area contributed by atoms with E-state index in [0.29, 0.717) is 11.3 Å². The van der Waals surface area contributed by atoms with Crippen LogP contribution < -0.4 is 14.8 Å². The van der Waals surface area contributed by atoms with Gasteiger partial charge in [-0.1, -0.05) is 12.1 Å². The van der Waals surface area contributed by atoms with Crippen LogP contribution in [0, 0.1) is 0 Å². The molecule has 14 heteroatoms. The number of alkyl halides is 5. The molecule has 198 valence electrons. The monoisotopic (exact) mass is 539 g/mol. The van der Waals surface area contributed by atoms with E-state index in [4.69, 9.17) is 18.9 Å². The molecule has 1 unspecified atom stereocenters. The molecule has 1 atom stereocenters. The van der Waals surface area contributed by atoms with Crippen LogP contribution in [0.25, 0.3) is 11.5 Å². The van der Waals surface area contributed by atoms with Crippen molar-refractivity contribution in [1.29, 1.82) is 0 Å². The summed E-state index contributed by atoms with van der Waals surface area (Å²) in [6, 6.07) is 8.70. The number of amides is 1. The van der Waals surface area contributed by atoms with Crippen molar-refractivity contribution in [3.05, 3.63) is 53.1 Å². The highest BCUT2D eigenvalue weighted by Gasteiger charge is 2.63. The molecule has 0 aliphatic heterocycles. The van der Waals surface area contributed by atoms with Crippen molar-refractivity contribution in [2.24, 2.45) is 0 Å². The van der Waals surface area contributed by atoms with Crippen molar-refractivity contribution in [2.75, 3.05) is 33.8 Å². The molecular weight excluding hydrogens is 517 g/mol. The highest BCUT2D eigenvalue weighted by molar-refractivity contribution is 7.78.